The molecule has 4 rings (SSSR count). The van der Waals surface area contributed by atoms with Crippen LogP contribution in [0.2, 0.25) is 0 Å². The van der Waals surface area contributed by atoms with Crippen LogP contribution in [0.3, 0.4) is 0 Å². The number of halogens is 3. The Balaban J connectivity index is 1.79. The summed E-state index contributed by atoms with van der Waals surface area (Å²) < 4.78 is 43.4. The predicted octanol–water partition coefficient (Wildman–Crippen LogP) is 4.70. The Morgan fingerprint density at radius 3 is 2.46 bits per heavy atom. The van der Waals surface area contributed by atoms with Gasteiger partial charge in [-0.25, -0.2) is 0 Å². The largest absolute Gasteiger partial charge is 0.573 e. The molecule has 1 aliphatic rings. The molecule has 4 nitrogen and oxygen atoms in total. The topological polar surface area (TPSA) is 34.5 Å². The van der Waals surface area contributed by atoms with Crippen molar-refractivity contribution in [3.63, 3.8) is 0 Å². The number of hydrogen-bond acceptors (Lipinski definition) is 3. The smallest absolute Gasteiger partial charge is 0.406 e. The molecule has 0 unspecified atom stereocenters. The van der Waals surface area contributed by atoms with Crippen molar-refractivity contribution in [3.8, 4) is 17.0 Å². The first kappa shape index (κ1) is 18.4. The maximum atomic E-state index is 12.8. The van der Waals surface area contributed by atoms with Crippen LogP contribution in [0.5, 0.6) is 5.75 Å². The highest BCUT2D eigenvalue weighted by Gasteiger charge is 2.31. The molecule has 1 fully saturated rings. The second-order valence-corrected chi connectivity index (χ2v) is 6.92. The van der Waals surface area contributed by atoms with Crippen molar-refractivity contribution >= 4 is 16.6 Å². The molecule has 146 valence electrons. The third kappa shape index (κ3) is 3.56. The van der Waals surface area contributed by atoms with Crippen molar-refractivity contribution in [2.24, 2.45) is 7.05 Å². The number of benzene rings is 2. The molecule has 0 N–H and O–H groups in total. The van der Waals surface area contributed by atoms with E-state index in [0.717, 1.165) is 37.1 Å². The highest BCUT2D eigenvalue weighted by Crippen LogP contribution is 2.30. The van der Waals surface area contributed by atoms with Crippen molar-refractivity contribution in [2.45, 2.75) is 19.2 Å². The monoisotopic (exact) mass is 388 g/mol. The van der Waals surface area contributed by atoms with E-state index in [-0.39, 0.29) is 11.2 Å². The van der Waals surface area contributed by atoms with Gasteiger partial charge in [-0.2, -0.15) is 0 Å². The molecule has 0 bridgehead atoms. The zero-order valence-corrected chi connectivity index (χ0v) is 15.3. The third-order valence-corrected chi connectivity index (χ3v) is 5.07. The number of aryl methyl sites for hydroxylation is 1. The van der Waals surface area contributed by atoms with Gasteiger partial charge < -0.3 is 14.2 Å². The SMILES string of the molecule is Cn1c(-c2cccc(OC(F)(F)F)c2)cc(=O)c2cc(N3CCCC3)ccc21. The Kier molecular flexibility index (Phi) is 4.53. The molecular weight excluding hydrogens is 369 g/mol. The van der Waals surface area contributed by atoms with E-state index in [1.807, 2.05) is 22.8 Å². The maximum absolute atomic E-state index is 12.8. The number of hydrogen-bond donors (Lipinski definition) is 0. The van der Waals surface area contributed by atoms with Gasteiger partial charge in [0.15, 0.2) is 5.43 Å². The van der Waals surface area contributed by atoms with E-state index < -0.39 is 6.36 Å². The average Bonchev–Trinajstić information content (AvgIpc) is 3.18. The van der Waals surface area contributed by atoms with Gasteiger partial charge in [0, 0.05) is 42.8 Å². The molecule has 1 aliphatic heterocycles. The van der Waals surface area contributed by atoms with E-state index in [2.05, 4.69) is 9.64 Å². The summed E-state index contributed by atoms with van der Waals surface area (Å²) in [5.41, 5.74) is 2.60. The van der Waals surface area contributed by atoms with E-state index in [1.165, 1.54) is 24.3 Å². The summed E-state index contributed by atoms with van der Waals surface area (Å²) in [5, 5.41) is 0.596. The Labute approximate surface area is 159 Å². The summed E-state index contributed by atoms with van der Waals surface area (Å²) >= 11 is 0. The number of anilines is 1. The molecule has 0 atom stereocenters. The fourth-order valence-corrected chi connectivity index (χ4v) is 3.74. The van der Waals surface area contributed by atoms with Gasteiger partial charge >= 0.3 is 6.36 Å². The standard InChI is InChI=1S/C21H19F3N2O2/c1-25-18-8-7-15(26-9-2-3-10-26)12-17(18)20(27)13-19(25)14-5-4-6-16(11-14)28-21(22,23)24/h4-8,11-13H,2-3,9-10H2,1H3. The molecule has 1 aromatic heterocycles. The highest BCUT2D eigenvalue weighted by atomic mass is 19.4. The first-order chi connectivity index (χ1) is 13.3. The molecule has 0 radical (unpaired) electrons. The van der Waals surface area contributed by atoms with Crippen LogP contribution in [-0.4, -0.2) is 24.0 Å². The molecule has 0 aliphatic carbocycles. The Hall–Kier alpha value is -2.96. The van der Waals surface area contributed by atoms with Crippen molar-refractivity contribution in [1.82, 2.24) is 4.57 Å². The summed E-state index contributed by atoms with van der Waals surface area (Å²) in [7, 11) is 1.80. The third-order valence-electron chi connectivity index (χ3n) is 5.07. The number of fused-ring (bicyclic) bond motifs is 1. The fraction of sp³-hybridized carbons (Fsp3) is 0.286. The van der Waals surface area contributed by atoms with Crippen molar-refractivity contribution in [3.05, 3.63) is 58.8 Å². The van der Waals surface area contributed by atoms with Gasteiger partial charge in [0.2, 0.25) is 0 Å². The minimum absolute atomic E-state index is 0.161. The lowest BCUT2D eigenvalue weighted by atomic mass is 10.1. The van der Waals surface area contributed by atoms with Gasteiger partial charge in [-0.05, 0) is 43.2 Å². The van der Waals surface area contributed by atoms with Crippen LogP contribution in [0.4, 0.5) is 18.9 Å². The van der Waals surface area contributed by atoms with Crippen LogP contribution in [0.25, 0.3) is 22.2 Å². The van der Waals surface area contributed by atoms with Gasteiger partial charge in [0.05, 0.1) is 11.2 Å². The van der Waals surface area contributed by atoms with E-state index >= 15 is 0 Å². The maximum Gasteiger partial charge on any atom is 0.573 e. The van der Waals surface area contributed by atoms with Gasteiger partial charge in [-0.1, -0.05) is 12.1 Å². The van der Waals surface area contributed by atoms with Gasteiger partial charge in [0.1, 0.15) is 5.75 Å². The molecular formula is C21H19F3N2O2. The van der Waals surface area contributed by atoms with E-state index in [0.29, 0.717) is 16.6 Å². The molecule has 7 heteroatoms. The van der Waals surface area contributed by atoms with Crippen molar-refractivity contribution in [2.75, 3.05) is 18.0 Å². The summed E-state index contributed by atoms with van der Waals surface area (Å²) in [5.74, 6) is -0.318. The van der Waals surface area contributed by atoms with E-state index in [1.54, 1.807) is 13.1 Å². The summed E-state index contributed by atoms with van der Waals surface area (Å²) in [6.07, 6.45) is -2.48. The number of pyridine rings is 1. The molecule has 3 aromatic rings. The molecule has 0 amide bonds. The second kappa shape index (κ2) is 6.89. The average molecular weight is 388 g/mol. The number of aromatic nitrogens is 1. The van der Waals surface area contributed by atoms with Crippen LogP contribution < -0.4 is 15.1 Å². The van der Waals surface area contributed by atoms with Gasteiger partial charge in [-0.3, -0.25) is 4.79 Å². The molecule has 1 saturated heterocycles. The second-order valence-electron chi connectivity index (χ2n) is 6.92. The number of nitrogens with zero attached hydrogens (tertiary/aromatic N) is 2. The minimum atomic E-state index is -4.76. The number of ether oxygens (including phenoxy) is 1. The Morgan fingerprint density at radius 1 is 1.00 bits per heavy atom. The van der Waals surface area contributed by atoms with E-state index in [4.69, 9.17) is 0 Å². The summed E-state index contributed by atoms with van der Waals surface area (Å²) in [6, 6.07) is 12.9. The molecule has 28 heavy (non-hydrogen) atoms. The normalized spacial score (nSPS) is 14.6. The van der Waals surface area contributed by atoms with Gasteiger partial charge in [0.25, 0.3) is 0 Å². The molecule has 0 saturated carbocycles. The number of alkyl halides is 3. The Morgan fingerprint density at radius 2 is 1.75 bits per heavy atom. The van der Waals surface area contributed by atoms with Crippen LogP contribution in [0.1, 0.15) is 12.8 Å². The van der Waals surface area contributed by atoms with Crippen LogP contribution in [-0.2, 0) is 7.05 Å². The first-order valence-corrected chi connectivity index (χ1v) is 9.07. The number of rotatable bonds is 3. The lowest BCUT2D eigenvalue weighted by Crippen LogP contribution is -2.18. The summed E-state index contributed by atoms with van der Waals surface area (Å²) in [4.78, 5) is 15.0. The van der Waals surface area contributed by atoms with Crippen LogP contribution >= 0.6 is 0 Å². The van der Waals surface area contributed by atoms with Crippen LogP contribution in [0, 0.1) is 0 Å². The zero-order chi connectivity index (χ0) is 19.9. The van der Waals surface area contributed by atoms with E-state index in [9.17, 15) is 18.0 Å². The van der Waals surface area contributed by atoms with Crippen molar-refractivity contribution < 1.29 is 17.9 Å². The van der Waals surface area contributed by atoms with Crippen molar-refractivity contribution in [1.29, 1.82) is 0 Å². The lowest BCUT2D eigenvalue weighted by molar-refractivity contribution is -0.274. The lowest BCUT2D eigenvalue weighted by Gasteiger charge is -2.19. The molecule has 0 spiro atoms. The quantitative estimate of drug-likeness (QED) is 0.652. The molecule has 2 heterocycles. The zero-order valence-electron chi connectivity index (χ0n) is 15.3. The van der Waals surface area contributed by atoms with Gasteiger partial charge in [-0.15, -0.1) is 13.2 Å². The predicted molar refractivity (Wildman–Crippen MR) is 103 cm³/mol. The molecule has 2 aromatic carbocycles. The summed E-state index contributed by atoms with van der Waals surface area (Å²) in [6.45, 7) is 1.96. The highest BCUT2D eigenvalue weighted by molar-refractivity contribution is 5.85. The fourth-order valence-electron chi connectivity index (χ4n) is 3.74. The minimum Gasteiger partial charge on any atom is -0.406 e. The Bertz CT molecular complexity index is 1080. The van der Waals surface area contributed by atoms with Crippen LogP contribution in [0.15, 0.2) is 53.3 Å². The first-order valence-electron chi connectivity index (χ1n) is 9.07.